The first-order chi connectivity index (χ1) is 22.3. The van der Waals surface area contributed by atoms with E-state index in [-0.39, 0.29) is 29.8 Å². The molecule has 17 heteroatoms. The normalized spacial score (nSPS) is 26.7. The van der Waals surface area contributed by atoms with Crippen molar-refractivity contribution in [2.75, 3.05) is 43.7 Å². The van der Waals surface area contributed by atoms with Crippen molar-refractivity contribution in [3.63, 3.8) is 0 Å². The number of amides is 3. The van der Waals surface area contributed by atoms with Gasteiger partial charge in [-0.2, -0.15) is 0 Å². The molecule has 2 aromatic rings. The molecular formula is C31H32F3N5O9. The topological polar surface area (TPSA) is 209 Å². The van der Waals surface area contributed by atoms with Gasteiger partial charge in [0, 0.05) is 31.4 Å². The molecule has 6 atom stereocenters. The molecule has 0 radical (unpaired) electrons. The maximum atomic E-state index is 14.1. The number of fused-ring (bicyclic) bond motifs is 3. The third kappa shape index (κ3) is 5.61. The molecule has 48 heavy (non-hydrogen) atoms. The average molecular weight is 676 g/mol. The maximum Gasteiger partial charge on any atom is 0.573 e. The largest absolute Gasteiger partial charge is 0.573 e. The summed E-state index contributed by atoms with van der Waals surface area (Å²) < 4.78 is 41.2. The molecule has 6 N–H and O–H groups in total. The second-order valence-corrected chi connectivity index (χ2v) is 12.5. The van der Waals surface area contributed by atoms with Gasteiger partial charge in [0.15, 0.2) is 34.7 Å². The summed E-state index contributed by atoms with van der Waals surface area (Å²) in [6.45, 7) is 0. The van der Waals surface area contributed by atoms with Gasteiger partial charge in [-0.1, -0.05) is 0 Å². The number of urea groups is 1. The smallest absolute Gasteiger partial charge is 0.505 e. The standard InChI is InChI=1S/C31H32F3N5O9/c1-38(2)18-11-17(37-29(46)36-13-5-7-14(8-6-13)48-31(32,33)34)23(40)20-15(18)9-12-10-16-22(39(3)4)25(42)21(28(35)45)27(44)30(16,47)26(43)19(12)24(20)41/h5-8,11-12,16,19,21-22,40,47H,9-10H2,1-4H3,(H2,35,45)(H2,36,37,46). The summed E-state index contributed by atoms with van der Waals surface area (Å²) >= 11 is 0. The number of ether oxygens (including phenoxy) is 1. The number of anilines is 3. The number of rotatable bonds is 6. The lowest BCUT2D eigenvalue weighted by Crippen LogP contribution is -2.74. The van der Waals surface area contributed by atoms with Crippen molar-refractivity contribution in [3.8, 4) is 11.5 Å². The highest BCUT2D eigenvalue weighted by atomic mass is 19.4. The first-order valence-corrected chi connectivity index (χ1v) is 14.6. The minimum atomic E-state index is -4.91. The van der Waals surface area contributed by atoms with E-state index in [2.05, 4.69) is 15.4 Å². The lowest BCUT2D eigenvalue weighted by atomic mass is 9.52. The number of carbonyl (C=O) groups excluding carboxylic acids is 6. The van der Waals surface area contributed by atoms with E-state index in [4.69, 9.17) is 5.73 Å². The lowest BCUT2D eigenvalue weighted by Gasteiger charge is -2.52. The molecule has 2 aromatic carbocycles. The number of hydrogen-bond donors (Lipinski definition) is 5. The lowest BCUT2D eigenvalue weighted by molar-refractivity contribution is -0.274. The van der Waals surface area contributed by atoms with E-state index >= 15 is 0 Å². The second-order valence-electron chi connectivity index (χ2n) is 12.5. The van der Waals surface area contributed by atoms with Gasteiger partial charge in [0.1, 0.15) is 11.5 Å². The number of likely N-dealkylation sites (N-methyl/N-ethyl adjacent to an activating group) is 1. The molecule has 0 heterocycles. The average Bonchev–Trinajstić information content (AvgIpc) is 2.96. The van der Waals surface area contributed by atoms with E-state index in [0.29, 0.717) is 11.3 Å². The molecule has 0 aromatic heterocycles. The van der Waals surface area contributed by atoms with Crippen LogP contribution in [0.25, 0.3) is 0 Å². The van der Waals surface area contributed by atoms with Crippen LogP contribution in [0.1, 0.15) is 22.3 Å². The number of nitrogens with zero attached hydrogens (tertiary/aromatic N) is 2. The van der Waals surface area contributed by atoms with Crippen LogP contribution in [-0.2, 0) is 25.6 Å². The minimum absolute atomic E-state index is 0.00569. The zero-order valence-electron chi connectivity index (χ0n) is 26.0. The summed E-state index contributed by atoms with van der Waals surface area (Å²) in [5, 5.41) is 27.8. The van der Waals surface area contributed by atoms with E-state index in [1.54, 1.807) is 19.0 Å². The fraction of sp³-hybridized carbons (Fsp3) is 0.419. The summed E-state index contributed by atoms with van der Waals surface area (Å²) in [6, 6.07) is 3.41. The van der Waals surface area contributed by atoms with Crippen LogP contribution in [0.4, 0.5) is 35.0 Å². The van der Waals surface area contributed by atoms with Gasteiger partial charge in [0.25, 0.3) is 0 Å². The molecule has 3 amide bonds. The number of carbonyl (C=O) groups is 6. The number of nitrogens with two attached hydrogens (primary N) is 1. The highest BCUT2D eigenvalue weighted by Gasteiger charge is 2.69. The molecule has 2 saturated carbocycles. The van der Waals surface area contributed by atoms with Gasteiger partial charge in [-0.05, 0) is 68.8 Å². The number of aliphatic hydroxyl groups is 1. The summed E-state index contributed by atoms with van der Waals surface area (Å²) in [7, 11) is 6.23. The fourth-order valence-corrected chi connectivity index (χ4v) is 7.17. The quantitative estimate of drug-likeness (QED) is 0.219. The number of Topliss-reactive ketones (excluding diaryl/α,β-unsaturated/α-hetero) is 4. The number of phenols is 1. The van der Waals surface area contributed by atoms with E-state index < -0.39 is 88.2 Å². The molecule has 3 aliphatic rings. The number of nitrogens with one attached hydrogen (secondary N) is 2. The Balaban J connectivity index is 1.50. The van der Waals surface area contributed by atoms with E-state index in [0.717, 1.165) is 24.3 Å². The van der Waals surface area contributed by atoms with Gasteiger partial charge in [0.2, 0.25) is 5.91 Å². The zero-order chi connectivity index (χ0) is 35.6. The van der Waals surface area contributed by atoms with Crippen LogP contribution in [0.5, 0.6) is 11.5 Å². The Morgan fingerprint density at radius 1 is 1.02 bits per heavy atom. The van der Waals surface area contributed by atoms with E-state index in [1.807, 2.05) is 0 Å². The zero-order valence-corrected chi connectivity index (χ0v) is 26.0. The number of hydrogen-bond acceptors (Lipinski definition) is 11. The highest BCUT2D eigenvalue weighted by Crippen LogP contribution is 2.52. The van der Waals surface area contributed by atoms with E-state index in [9.17, 15) is 52.2 Å². The Kier molecular flexibility index (Phi) is 8.50. The molecule has 0 spiro atoms. The Bertz CT molecular complexity index is 1740. The predicted molar refractivity (Wildman–Crippen MR) is 161 cm³/mol. The molecule has 2 fully saturated rings. The molecule has 256 valence electrons. The SMILES string of the molecule is CN(C)c1cc(NC(=O)Nc2ccc(OC(F)(F)F)cc2)c(O)c2c1CC1CC3C(N(C)C)C(=O)C(C(N)=O)C(=O)C3(O)C(=O)C1C2=O. The molecule has 0 bridgehead atoms. The number of halogens is 3. The van der Waals surface area contributed by atoms with Gasteiger partial charge in [-0.3, -0.25) is 28.9 Å². The number of primary amides is 1. The maximum absolute atomic E-state index is 14.1. The van der Waals surface area contributed by atoms with Crippen LogP contribution in [0.2, 0.25) is 0 Å². The Morgan fingerprint density at radius 2 is 1.65 bits per heavy atom. The summed E-state index contributed by atoms with van der Waals surface area (Å²) in [5.41, 5.74) is 2.60. The molecule has 5 rings (SSSR count). The van der Waals surface area contributed by atoms with Crippen LogP contribution in [0.3, 0.4) is 0 Å². The molecule has 0 saturated heterocycles. The van der Waals surface area contributed by atoms with E-state index in [1.165, 1.54) is 25.1 Å². The molecular weight excluding hydrogens is 643 g/mol. The van der Waals surface area contributed by atoms with Crippen molar-refractivity contribution in [3.05, 3.63) is 41.5 Å². The van der Waals surface area contributed by atoms with Crippen LogP contribution in [-0.4, -0.2) is 96.4 Å². The number of ketones is 4. The number of phenolic OH excluding ortho intramolecular Hbond substituents is 1. The van der Waals surface area contributed by atoms with Crippen molar-refractivity contribution in [2.24, 2.45) is 29.4 Å². The van der Waals surface area contributed by atoms with Crippen LogP contribution in [0, 0.1) is 23.7 Å². The highest BCUT2D eigenvalue weighted by molar-refractivity contribution is 6.32. The van der Waals surface area contributed by atoms with Gasteiger partial charge in [-0.25, -0.2) is 4.79 Å². The molecule has 14 nitrogen and oxygen atoms in total. The monoisotopic (exact) mass is 675 g/mol. The van der Waals surface area contributed by atoms with Gasteiger partial charge < -0.3 is 36.2 Å². The predicted octanol–water partition coefficient (Wildman–Crippen LogP) is 1.48. The van der Waals surface area contributed by atoms with Crippen molar-refractivity contribution in [1.29, 1.82) is 0 Å². The first kappa shape index (κ1) is 34.3. The van der Waals surface area contributed by atoms with Gasteiger partial charge in [-0.15, -0.1) is 13.2 Å². The molecule has 6 unspecified atom stereocenters. The first-order valence-electron chi connectivity index (χ1n) is 14.6. The fourth-order valence-electron chi connectivity index (χ4n) is 7.17. The molecule has 0 aliphatic heterocycles. The van der Waals surface area contributed by atoms with Crippen molar-refractivity contribution in [2.45, 2.75) is 30.8 Å². The summed E-state index contributed by atoms with van der Waals surface area (Å²) in [4.78, 5) is 82.9. The van der Waals surface area contributed by atoms with Crippen molar-refractivity contribution < 1.29 is 56.9 Å². The van der Waals surface area contributed by atoms with Gasteiger partial charge >= 0.3 is 12.4 Å². The Morgan fingerprint density at radius 3 is 2.19 bits per heavy atom. The number of alkyl halides is 3. The van der Waals surface area contributed by atoms with Crippen LogP contribution < -0.4 is 26.0 Å². The summed E-state index contributed by atoms with van der Waals surface area (Å²) in [6.07, 6.45) is -5.04. The molecule has 3 aliphatic carbocycles. The van der Waals surface area contributed by atoms with Crippen molar-refractivity contribution in [1.82, 2.24) is 4.90 Å². The third-order valence-electron chi connectivity index (χ3n) is 9.11. The van der Waals surface area contributed by atoms with Crippen LogP contribution in [0.15, 0.2) is 30.3 Å². The number of aromatic hydroxyl groups is 1. The third-order valence-corrected chi connectivity index (χ3v) is 9.11. The Hall–Kier alpha value is -5.03. The van der Waals surface area contributed by atoms with Crippen molar-refractivity contribution >= 4 is 52.1 Å². The summed E-state index contributed by atoms with van der Waals surface area (Å²) in [5.74, 6) is -12.8. The van der Waals surface area contributed by atoms with Crippen LogP contribution >= 0.6 is 0 Å². The van der Waals surface area contributed by atoms with Gasteiger partial charge in [0.05, 0.1) is 23.2 Å². The Labute approximate surface area is 271 Å². The number of benzene rings is 2. The second kappa shape index (κ2) is 11.9. The minimum Gasteiger partial charge on any atom is -0.505 e.